The minimum absolute atomic E-state index is 0.184. The molecule has 1 nitrogen and oxygen atoms in total. The van der Waals surface area contributed by atoms with Gasteiger partial charge in [0.05, 0.1) is 0 Å². The Morgan fingerprint density at radius 3 is 2.64 bits per heavy atom. The summed E-state index contributed by atoms with van der Waals surface area (Å²) in [6.07, 6.45) is 1.85. The van der Waals surface area contributed by atoms with Crippen LogP contribution < -0.4 is 0 Å². The second-order valence-corrected chi connectivity index (χ2v) is 3.89. The summed E-state index contributed by atoms with van der Waals surface area (Å²) < 4.78 is 5.26. The fourth-order valence-corrected chi connectivity index (χ4v) is 1.59. The fraction of sp³-hybridized carbons (Fsp3) is 0.500. The molecule has 1 atom stereocenters. The third-order valence-corrected chi connectivity index (χ3v) is 2.45. The first-order valence-electron chi connectivity index (χ1n) is 5.08. The van der Waals surface area contributed by atoms with Gasteiger partial charge in [0.25, 0.3) is 0 Å². The molecule has 0 N–H and O–H groups in total. The molecule has 78 valence electrons. The zero-order chi connectivity index (χ0) is 10.2. The predicted octanol–water partition coefficient (Wildman–Crippen LogP) is 3.26. The number of halogens is 1. The molecule has 0 aliphatic carbocycles. The highest BCUT2D eigenvalue weighted by Gasteiger charge is 2.04. The zero-order valence-electron chi connectivity index (χ0n) is 8.58. The molecule has 0 amide bonds. The largest absolute Gasteiger partial charge is 0.382 e. The molecule has 0 bridgehead atoms. The molecule has 0 aromatic heterocycles. The van der Waals surface area contributed by atoms with Gasteiger partial charge in [0.2, 0.25) is 0 Å². The standard InChI is InChI=1S/C12H17ClO/c1-2-14-9-8-12(13)10-11-6-4-3-5-7-11/h3-7,12H,2,8-10H2,1H3. The summed E-state index contributed by atoms with van der Waals surface area (Å²) in [5.41, 5.74) is 1.30. The first-order chi connectivity index (χ1) is 6.83. The summed E-state index contributed by atoms with van der Waals surface area (Å²) in [5, 5.41) is 0.184. The molecular formula is C12H17ClO. The topological polar surface area (TPSA) is 9.23 Å². The van der Waals surface area contributed by atoms with Gasteiger partial charge in [0.1, 0.15) is 0 Å². The Balaban J connectivity index is 2.23. The lowest BCUT2D eigenvalue weighted by Crippen LogP contribution is -2.07. The summed E-state index contributed by atoms with van der Waals surface area (Å²) >= 11 is 6.17. The molecule has 0 spiro atoms. The van der Waals surface area contributed by atoms with E-state index in [4.69, 9.17) is 16.3 Å². The second-order valence-electron chi connectivity index (χ2n) is 3.27. The Kier molecular flexibility index (Phi) is 5.65. The Labute approximate surface area is 91.0 Å². The number of hydrogen-bond acceptors (Lipinski definition) is 1. The molecule has 2 heteroatoms. The van der Waals surface area contributed by atoms with E-state index < -0.39 is 0 Å². The summed E-state index contributed by atoms with van der Waals surface area (Å²) in [4.78, 5) is 0. The molecule has 0 aliphatic rings. The van der Waals surface area contributed by atoms with Crippen molar-refractivity contribution in [2.24, 2.45) is 0 Å². The van der Waals surface area contributed by atoms with Gasteiger partial charge in [-0.3, -0.25) is 0 Å². The molecule has 14 heavy (non-hydrogen) atoms. The van der Waals surface area contributed by atoms with Crippen molar-refractivity contribution in [1.29, 1.82) is 0 Å². The van der Waals surface area contributed by atoms with Crippen molar-refractivity contribution in [1.82, 2.24) is 0 Å². The van der Waals surface area contributed by atoms with E-state index in [1.54, 1.807) is 0 Å². The van der Waals surface area contributed by atoms with Crippen molar-refractivity contribution in [3.63, 3.8) is 0 Å². The normalized spacial score (nSPS) is 12.7. The average molecular weight is 213 g/mol. The lowest BCUT2D eigenvalue weighted by atomic mass is 10.1. The van der Waals surface area contributed by atoms with Crippen LogP contribution in [0.1, 0.15) is 18.9 Å². The van der Waals surface area contributed by atoms with Gasteiger partial charge < -0.3 is 4.74 Å². The van der Waals surface area contributed by atoms with Gasteiger partial charge in [-0.25, -0.2) is 0 Å². The highest BCUT2D eigenvalue weighted by molar-refractivity contribution is 6.20. The van der Waals surface area contributed by atoms with E-state index in [1.165, 1.54) is 5.56 Å². The van der Waals surface area contributed by atoms with Gasteiger partial charge in [-0.15, -0.1) is 11.6 Å². The minimum atomic E-state index is 0.184. The van der Waals surface area contributed by atoms with Crippen molar-refractivity contribution in [2.45, 2.75) is 25.1 Å². The highest BCUT2D eigenvalue weighted by atomic mass is 35.5. The number of hydrogen-bond donors (Lipinski definition) is 0. The lowest BCUT2D eigenvalue weighted by molar-refractivity contribution is 0.144. The third kappa shape index (κ3) is 4.64. The molecular weight excluding hydrogens is 196 g/mol. The Hall–Kier alpha value is -0.530. The van der Waals surface area contributed by atoms with Gasteiger partial charge in [0, 0.05) is 18.6 Å². The van der Waals surface area contributed by atoms with Crippen molar-refractivity contribution in [2.75, 3.05) is 13.2 Å². The van der Waals surface area contributed by atoms with Crippen LogP contribution in [0, 0.1) is 0 Å². The number of ether oxygens (including phenoxy) is 1. The van der Waals surface area contributed by atoms with E-state index in [0.29, 0.717) is 0 Å². The monoisotopic (exact) mass is 212 g/mol. The van der Waals surface area contributed by atoms with Crippen LogP contribution in [0.5, 0.6) is 0 Å². The van der Waals surface area contributed by atoms with E-state index in [2.05, 4.69) is 12.1 Å². The van der Waals surface area contributed by atoms with E-state index in [-0.39, 0.29) is 5.38 Å². The molecule has 0 saturated heterocycles. The van der Waals surface area contributed by atoms with Crippen LogP contribution in [0.25, 0.3) is 0 Å². The van der Waals surface area contributed by atoms with Gasteiger partial charge in [-0.05, 0) is 25.3 Å². The van der Waals surface area contributed by atoms with Crippen LogP contribution >= 0.6 is 11.6 Å². The summed E-state index contributed by atoms with van der Waals surface area (Å²) in [5.74, 6) is 0. The average Bonchev–Trinajstić information content (AvgIpc) is 2.20. The van der Waals surface area contributed by atoms with Crippen LogP contribution in [0.15, 0.2) is 30.3 Å². The zero-order valence-corrected chi connectivity index (χ0v) is 9.33. The maximum Gasteiger partial charge on any atom is 0.0480 e. The molecule has 0 radical (unpaired) electrons. The summed E-state index contributed by atoms with van der Waals surface area (Å²) in [6.45, 7) is 3.53. The smallest absolute Gasteiger partial charge is 0.0480 e. The predicted molar refractivity (Wildman–Crippen MR) is 60.9 cm³/mol. The molecule has 1 aromatic rings. The molecule has 0 saturated carbocycles. The van der Waals surface area contributed by atoms with Crippen LogP contribution in [0.2, 0.25) is 0 Å². The molecule has 1 rings (SSSR count). The minimum Gasteiger partial charge on any atom is -0.382 e. The summed E-state index contributed by atoms with van der Waals surface area (Å²) in [6, 6.07) is 10.3. The van der Waals surface area contributed by atoms with Gasteiger partial charge in [0.15, 0.2) is 0 Å². The van der Waals surface area contributed by atoms with Crippen molar-refractivity contribution >= 4 is 11.6 Å². The second kappa shape index (κ2) is 6.86. The van der Waals surface area contributed by atoms with Gasteiger partial charge >= 0.3 is 0 Å². The number of benzene rings is 1. The van der Waals surface area contributed by atoms with Crippen molar-refractivity contribution in [3.8, 4) is 0 Å². The molecule has 0 heterocycles. The van der Waals surface area contributed by atoms with Crippen LogP contribution in [-0.2, 0) is 11.2 Å². The molecule has 0 fully saturated rings. The van der Waals surface area contributed by atoms with Crippen LogP contribution in [0.3, 0.4) is 0 Å². The number of alkyl halides is 1. The van der Waals surface area contributed by atoms with E-state index >= 15 is 0 Å². The quantitative estimate of drug-likeness (QED) is 0.520. The molecule has 1 aromatic carbocycles. The number of rotatable bonds is 6. The maximum absolute atomic E-state index is 6.17. The van der Waals surface area contributed by atoms with Gasteiger partial charge in [-0.2, -0.15) is 0 Å². The first-order valence-corrected chi connectivity index (χ1v) is 5.52. The molecule has 1 unspecified atom stereocenters. The van der Waals surface area contributed by atoms with Crippen LogP contribution in [-0.4, -0.2) is 18.6 Å². The first kappa shape index (κ1) is 11.5. The third-order valence-electron chi connectivity index (χ3n) is 2.08. The van der Waals surface area contributed by atoms with Crippen molar-refractivity contribution < 1.29 is 4.74 Å². The van der Waals surface area contributed by atoms with E-state index in [9.17, 15) is 0 Å². The van der Waals surface area contributed by atoms with Crippen LogP contribution in [0.4, 0.5) is 0 Å². The summed E-state index contributed by atoms with van der Waals surface area (Å²) in [7, 11) is 0. The van der Waals surface area contributed by atoms with E-state index in [1.807, 2.05) is 25.1 Å². The Morgan fingerprint density at radius 1 is 1.29 bits per heavy atom. The fourth-order valence-electron chi connectivity index (χ4n) is 1.33. The Bertz CT molecular complexity index is 235. The maximum atomic E-state index is 6.17. The highest BCUT2D eigenvalue weighted by Crippen LogP contribution is 2.11. The SMILES string of the molecule is CCOCCC(Cl)Cc1ccccc1. The lowest BCUT2D eigenvalue weighted by Gasteiger charge is -2.08. The van der Waals surface area contributed by atoms with E-state index in [0.717, 1.165) is 26.1 Å². The Morgan fingerprint density at radius 2 is 2.00 bits per heavy atom. The van der Waals surface area contributed by atoms with Crippen molar-refractivity contribution in [3.05, 3.63) is 35.9 Å². The molecule has 0 aliphatic heterocycles. The van der Waals surface area contributed by atoms with Gasteiger partial charge in [-0.1, -0.05) is 30.3 Å².